The molecule has 8 heteroatoms. The highest BCUT2D eigenvalue weighted by Crippen LogP contribution is 2.27. The Morgan fingerprint density at radius 2 is 2.10 bits per heavy atom. The Hall–Kier alpha value is -0.540. The van der Waals surface area contributed by atoms with Gasteiger partial charge in [-0.2, -0.15) is 4.31 Å². The molecule has 0 radical (unpaired) electrons. The molecule has 0 unspecified atom stereocenters. The van der Waals surface area contributed by atoms with Gasteiger partial charge in [-0.1, -0.05) is 15.9 Å². The summed E-state index contributed by atoms with van der Waals surface area (Å²) in [6.07, 6.45) is 0.596. The second-order valence-corrected chi connectivity index (χ2v) is 7.27. The molecule has 0 amide bonds. The summed E-state index contributed by atoms with van der Waals surface area (Å²) >= 11 is 3.19. The summed E-state index contributed by atoms with van der Waals surface area (Å²) in [6, 6.07) is 2.76. The van der Waals surface area contributed by atoms with Crippen LogP contribution >= 0.6 is 15.9 Å². The summed E-state index contributed by atoms with van der Waals surface area (Å²) in [7, 11) is -3.88. The van der Waals surface area contributed by atoms with Crippen molar-refractivity contribution < 1.29 is 17.5 Å². The Morgan fingerprint density at radius 1 is 1.35 bits per heavy atom. The number of nitrogens with two attached hydrogens (primary N) is 1. The van der Waals surface area contributed by atoms with Gasteiger partial charge in [0.1, 0.15) is 10.7 Å². The minimum Gasteiger partial charge on any atom is -0.380 e. The SMILES string of the molecule is NCc1cc(Br)cc(S(=O)(=O)N2CCCOCC2)c1F. The normalized spacial score (nSPS) is 17.9. The lowest BCUT2D eigenvalue weighted by molar-refractivity contribution is 0.148. The van der Waals surface area contributed by atoms with E-state index < -0.39 is 15.8 Å². The highest BCUT2D eigenvalue weighted by molar-refractivity contribution is 9.10. The molecule has 2 rings (SSSR count). The first-order valence-electron chi connectivity index (χ1n) is 6.22. The average molecular weight is 367 g/mol. The summed E-state index contributed by atoms with van der Waals surface area (Å²) in [6.45, 7) is 1.33. The third-order valence-corrected chi connectivity index (χ3v) is 5.45. The van der Waals surface area contributed by atoms with Crippen LogP contribution in [0.4, 0.5) is 4.39 Å². The van der Waals surface area contributed by atoms with Crippen LogP contribution in [0.3, 0.4) is 0 Å². The van der Waals surface area contributed by atoms with Crippen molar-refractivity contribution in [3.8, 4) is 0 Å². The average Bonchev–Trinajstić information content (AvgIpc) is 2.70. The molecule has 5 nitrogen and oxygen atoms in total. The fourth-order valence-corrected chi connectivity index (χ4v) is 4.31. The van der Waals surface area contributed by atoms with Crippen molar-refractivity contribution in [2.75, 3.05) is 26.3 Å². The van der Waals surface area contributed by atoms with E-state index >= 15 is 0 Å². The first-order valence-corrected chi connectivity index (χ1v) is 8.46. The van der Waals surface area contributed by atoms with Gasteiger partial charge in [-0.05, 0) is 18.6 Å². The van der Waals surface area contributed by atoms with E-state index in [9.17, 15) is 12.8 Å². The molecule has 1 aliphatic heterocycles. The monoisotopic (exact) mass is 366 g/mol. The molecule has 2 N–H and O–H groups in total. The van der Waals surface area contributed by atoms with Gasteiger partial charge in [-0.15, -0.1) is 0 Å². The van der Waals surface area contributed by atoms with Gasteiger partial charge < -0.3 is 10.5 Å². The molecule has 0 saturated carbocycles. The van der Waals surface area contributed by atoms with Crippen LogP contribution in [0.2, 0.25) is 0 Å². The molecular weight excluding hydrogens is 351 g/mol. The second kappa shape index (κ2) is 6.48. The molecule has 1 aliphatic rings. The van der Waals surface area contributed by atoms with Crippen LogP contribution in [0.25, 0.3) is 0 Å². The lowest BCUT2D eigenvalue weighted by atomic mass is 10.2. The van der Waals surface area contributed by atoms with E-state index in [2.05, 4.69) is 15.9 Å². The number of benzene rings is 1. The van der Waals surface area contributed by atoms with Crippen molar-refractivity contribution in [1.82, 2.24) is 4.31 Å². The van der Waals surface area contributed by atoms with Crippen molar-refractivity contribution >= 4 is 26.0 Å². The van der Waals surface area contributed by atoms with Crippen molar-refractivity contribution in [1.29, 1.82) is 0 Å². The number of rotatable bonds is 3. The Bertz CT molecular complexity index is 587. The zero-order valence-corrected chi connectivity index (χ0v) is 13.2. The van der Waals surface area contributed by atoms with Crippen molar-refractivity contribution in [2.45, 2.75) is 17.9 Å². The number of sulfonamides is 1. The van der Waals surface area contributed by atoms with E-state index in [1.165, 1.54) is 16.4 Å². The summed E-state index contributed by atoms with van der Waals surface area (Å²) in [4.78, 5) is -0.339. The lowest BCUT2D eigenvalue weighted by Gasteiger charge is -2.20. The van der Waals surface area contributed by atoms with Crippen molar-refractivity contribution in [3.63, 3.8) is 0 Å². The summed E-state index contributed by atoms with van der Waals surface area (Å²) in [5.41, 5.74) is 5.62. The maximum absolute atomic E-state index is 14.3. The van der Waals surface area contributed by atoms with Crippen molar-refractivity contribution in [3.05, 3.63) is 28.0 Å². The van der Waals surface area contributed by atoms with Gasteiger partial charge in [0.25, 0.3) is 0 Å². The zero-order chi connectivity index (χ0) is 14.8. The fraction of sp³-hybridized carbons (Fsp3) is 0.500. The van der Waals surface area contributed by atoms with E-state index in [4.69, 9.17) is 10.5 Å². The molecule has 112 valence electrons. The van der Waals surface area contributed by atoms with Crippen LogP contribution < -0.4 is 5.73 Å². The first-order chi connectivity index (χ1) is 9.46. The predicted molar refractivity (Wildman–Crippen MR) is 76.2 cm³/mol. The van der Waals surface area contributed by atoms with Crippen LogP contribution in [0.1, 0.15) is 12.0 Å². The highest BCUT2D eigenvalue weighted by Gasteiger charge is 2.29. The Morgan fingerprint density at radius 3 is 2.80 bits per heavy atom. The molecular formula is C12H16BrFN2O3S. The summed E-state index contributed by atoms with van der Waals surface area (Å²) in [5, 5.41) is 0. The number of ether oxygens (including phenoxy) is 1. The summed E-state index contributed by atoms with van der Waals surface area (Å²) in [5.74, 6) is -0.777. The molecule has 0 atom stereocenters. The molecule has 0 bridgehead atoms. The largest absolute Gasteiger partial charge is 0.380 e. The smallest absolute Gasteiger partial charge is 0.246 e. The minimum absolute atomic E-state index is 0.0586. The van der Waals surface area contributed by atoms with Gasteiger partial charge in [0.05, 0.1) is 6.61 Å². The number of hydrogen-bond acceptors (Lipinski definition) is 4. The van der Waals surface area contributed by atoms with Crippen LogP contribution in [-0.4, -0.2) is 39.0 Å². The Kier molecular flexibility index (Phi) is 5.14. The molecule has 0 aliphatic carbocycles. The van der Waals surface area contributed by atoms with Gasteiger partial charge in [-0.3, -0.25) is 0 Å². The molecule has 1 aromatic rings. The topological polar surface area (TPSA) is 72.6 Å². The van der Waals surface area contributed by atoms with Crippen LogP contribution in [0.15, 0.2) is 21.5 Å². The molecule has 20 heavy (non-hydrogen) atoms. The van der Waals surface area contributed by atoms with Crippen LogP contribution in [0.5, 0.6) is 0 Å². The summed E-state index contributed by atoms with van der Waals surface area (Å²) < 4.78 is 46.3. The number of halogens is 2. The fourth-order valence-electron chi connectivity index (χ4n) is 2.06. The van der Waals surface area contributed by atoms with E-state index in [-0.39, 0.29) is 23.5 Å². The van der Waals surface area contributed by atoms with Crippen molar-refractivity contribution in [2.24, 2.45) is 5.73 Å². The van der Waals surface area contributed by atoms with Crippen LogP contribution in [-0.2, 0) is 21.3 Å². The first kappa shape index (κ1) is 15.8. The molecule has 0 aromatic heterocycles. The number of nitrogens with zero attached hydrogens (tertiary/aromatic N) is 1. The zero-order valence-electron chi connectivity index (χ0n) is 10.8. The maximum Gasteiger partial charge on any atom is 0.246 e. The van der Waals surface area contributed by atoms with Gasteiger partial charge in [-0.25, -0.2) is 12.8 Å². The van der Waals surface area contributed by atoms with Gasteiger partial charge in [0.15, 0.2) is 0 Å². The van der Waals surface area contributed by atoms with Gasteiger partial charge >= 0.3 is 0 Å². The lowest BCUT2D eigenvalue weighted by Crippen LogP contribution is -2.34. The van der Waals surface area contributed by atoms with Gasteiger partial charge in [0.2, 0.25) is 10.0 Å². The molecule has 1 fully saturated rings. The van der Waals surface area contributed by atoms with E-state index in [1.807, 2.05) is 0 Å². The maximum atomic E-state index is 14.3. The Balaban J connectivity index is 2.45. The third kappa shape index (κ3) is 3.20. The van der Waals surface area contributed by atoms with E-state index in [0.29, 0.717) is 30.7 Å². The predicted octanol–water partition coefficient (Wildman–Crippen LogP) is 1.46. The molecule has 0 spiro atoms. The van der Waals surface area contributed by atoms with Gasteiger partial charge in [0, 0.05) is 36.3 Å². The highest BCUT2D eigenvalue weighted by atomic mass is 79.9. The molecule has 1 saturated heterocycles. The quantitative estimate of drug-likeness (QED) is 0.878. The third-order valence-electron chi connectivity index (χ3n) is 3.10. The van der Waals surface area contributed by atoms with Crippen LogP contribution in [0, 0.1) is 5.82 Å². The molecule has 1 aromatic carbocycles. The Labute approximate surface area is 126 Å². The molecule has 1 heterocycles. The van der Waals surface area contributed by atoms with E-state index in [0.717, 1.165) is 0 Å². The number of hydrogen-bond donors (Lipinski definition) is 1. The minimum atomic E-state index is -3.88. The second-order valence-electron chi connectivity index (χ2n) is 4.45. The van der Waals surface area contributed by atoms with E-state index in [1.54, 1.807) is 0 Å². The standard InChI is InChI=1S/C12H16BrFN2O3S/c13-10-6-9(8-15)12(14)11(7-10)20(17,18)16-2-1-4-19-5-3-16/h6-7H,1-5,8,15H2.